The Hall–Kier alpha value is -0.570. The normalized spacial score (nSPS) is 28.9. The topological polar surface area (TPSA) is 47.6 Å². The summed E-state index contributed by atoms with van der Waals surface area (Å²) in [6, 6.07) is 0. The third kappa shape index (κ3) is 1.25. The lowest BCUT2D eigenvalue weighted by Gasteiger charge is -2.28. The maximum absolute atomic E-state index is 5.61. The summed E-state index contributed by atoms with van der Waals surface area (Å²) >= 11 is 0. The molecule has 0 saturated heterocycles. The molecule has 1 aliphatic carbocycles. The molecule has 1 fully saturated rings. The molecule has 0 amide bonds. The van der Waals surface area contributed by atoms with Gasteiger partial charge in [-0.3, -0.25) is 4.99 Å². The van der Waals surface area contributed by atoms with Crippen molar-refractivity contribution in [1.82, 2.24) is 0 Å². The first-order chi connectivity index (χ1) is 5.31. The van der Waals surface area contributed by atoms with Crippen LogP contribution in [0.25, 0.3) is 0 Å². The van der Waals surface area contributed by atoms with E-state index in [0.717, 1.165) is 19.4 Å². The number of amidine groups is 1. The molecule has 1 heterocycles. The first-order valence-corrected chi connectivity index (χ1v) is 4.23. The molecule has 1 spiro atoms. The molecule has 1 aliphatic heterocycles. The second kappa shape index (κ2) is 2.48. The van der Waals surface area contributed by atoms with Gasteiger partial charge in [-0.2, -0.15) is 0 Å². The summed E-state index contributed by atoms with van der Waals surface area (Å²) in [5.74, 6) is 0.679. The second-order valence-corrected chi connectivity index (χ2v) is 3.53. The number of nitrogens with two attached hydrogens (primary N) is 1. The van der Waals surface area contributed by atoms with Crippen molar-refractivity contribution in [3.8, 4) is 0 Å². The van der Waals surface area contributed by atoms with Crippen molar-refractivity contribution in [2.75, 3.05) is 13.2 Å². The van der Waals surface area contributed by atoms with E-state index in [4.69, 9.17) is 10.5 Å². The van der Waals surface area contributed by atoms with Crippen LogP contribution in [-0.4, -0.2) is 24.6 Å². The van der Waals surface area contributed by atoms with E-state index in [1.807, 2.05) is 0 Å². The van der Waals surface area contributed by atoms with E-state index < -0.39 is 0 Å². The van der Waals surface area contributed by atoms with Gasteiger partial charge in [0.1, 0.15) is 12.4 Å². The Morgan fingerprint density at radius 3 is 2.73 bits per heavy atom. The van der Waals surface area contributed by atoms with Gasteiger partial charge in [0.2, 0.25) is 0 Å². The molecule has 3 heteroatoms. The fraction of sp³-hybridized carbons (Fsp3) is 0.875. The van der Waals surface area contributed by atoms with Crippen LogP contribution in [0, 0.1) is 0 Å². The van der Waals surface area contributed by atoms with Gasteiger partial charge in [0.15, 0.2) is 0 Å². The van der Waals surface area contributed by atoms with E-state index in [1.165, 1.54) is 12.8 Å². The van der Waals surface area contributed by atoms with Crippen molar-refractivity contribution < 1.29 is 4.74 Å². The van der Waals surface area contributed by atoms with Gasteiger partial charge in [0.25, 0.3) is 0 Å². The molecule has 2 rings (SSSR count). The van der Waals surface area contributed by atoms with E-state index in [-0.39, 0.29) is 5.54 Å². The average molecular weight is 154 g/mol. The summed E-state index contributed by atoms with van der Waals surface area (Å²) in [5.41, 5.74) is 5.70. The third-order valence-corrected chi connectivity index (χ3v) is 2.54. The summed E-state index contributed by atoms with van der Waals surface area (Å²) in [6.07, 6.45) is 4.88. The molecule has 0 unspecified atom stereocenters. The van der Waals surface area contributed by atoms with Crippen LogP contribution in [0.4, 0.5) is 0 Å². The van der Waals surface area contributed by atoms with Crippen LogP contribution in [0.1, 0.15) is 25.7 Å². The molecule has 0 radical (unpaired) electrons. The zero-order valence-electron chi connectivity index (χ0n) is 6.68. The standard InChI is InChI=1S/C8H14N2O/c9-7-5-11-6-8(10-7)3-1-2-4-8/h1-6H2,(H2,9,10). The molecule has 0 bridgehead atoms. The van der Waals surface area contributed by atoms with E-state index in [9.17, 15) is 0 Å². The van der Waals surface area contributed by atoms with Gasteiger partial charge >= 0.3 is 0 Å². The lowest BCUT2D eigenvalue weighted by molar-refractivity contribution is 0.101. The lowest BCUT2D eigenvalue weighted by Crippen LogP contribution is -2.39. The minimum Gasteiger partial charge on any atom is -0.386 e. The zero-order chi connectivity index (χ0) is 7.73. The molecule has 2 N–H and O–H groups in total. The molecule has 3 nitrogen and oxygen atoms in total. The molecule has 0 aromatic heterocycles. The fourth-order valence-corrected chi connectivity index (χ4v) is 2.00. The smallest absolute Gasteiger partial charge is 0.121 e. The second-order valence-electron chi connectivity index (χ2n) is 3.53. The maximum Gasteiger partial charge on any atom is 0.121 e. The summed E-state index contributed by atoms with van der Waals surface area (Å²) in [6.45, 7) is 1.31. The average Bonchev–Trinajstić information content (AvgIpc) is 2.37. The number of aliphatic imine (C=N–C) groups is 1. The van der Waals surface area contributed by atoms with Crippen molar-refractivity contribution in [2.45, 2.75) is 31.2 Å². The van der Waals surface area contributed by atoms with Gasteiger partial charge in [0.05, 0.1) is 12.1 Å². The van der Waals surface area contributed by atoms with Crippen LogP contribution in [0.15, 0.2) is 4.99 Å². The first-order valence-electron chi connectivity index (χ1n) is 4.23. The van der Waals surface area contributed by atoms with Crippen molar-refractivity contribution in [1.29, 1.82) is 0 Å². The molecular weight excluding hydrogens is 140 g/mol. The SMILES string of the molecule is NC1=NC2(CCCC2)COC1. The monoisotopic (exact) mass is 154 g/mol. The Morgan fingerprint density at radius 2 is 2.09 bits per heavy atom. The van der Waals surface area contributed by atoms with Crippen LogP contribution in [0.3, 0.4) is 0 Å². The van der Waals surface area contributed by atoms with Crippen LogP contribution in [-0.2, 0) is 4.74 Å². The van der Waals surface area contributed by atoms with Gasteiger partial charge in [-0.05, 0) is 12.8 Å². The third-order valence-electron chi connectivity index (χ3n) is 2.54. The highest BCUT2D eigenvalue weighted by atomic mass is 16.5. The summed E-state index contributed by atoms with van der Waals surface area (Å²) in [4.78, 5) is 4.48. The largest absolute Gasteiger partial charge is 0.386 e. The van der Waals surface area contributed by atoms with Gasteiger partial charge in [-0.1, -0.05) is 12.8 Å². The highest BCUT2D eigenvalue weighted by Crippen LogP contribution is 2.34. The van der Waals surface area contributed by atoms with Crippen molar-refractivity contribution >= 4 is 5.84 Å². The van der Waals surface area contributed by atoms with Gasteiger partial charge in [-0.25, -0.2) is 0 Å². The van der Waals surface area contributed by atoms with Gasteiger partial charge in [-0.15, -0.1) is 0 Å². The predicted molar refractivity (Wildman–Crippen MR) is 43.6 cm³/mol. The highest BCUT2D eigenvalue weighted by molar-refractivity contribution is 5.82. The van der Waals surface area contributed by atoms with Crippen LogP contribution in [0.2, 0.25) is 0 Å². The fourth-order valence-electron chi connectivity index (χ4n) is 2.00. The van der Waals surface area contributed by atoms with Crippen LogP contribution >= 0.6 is 0 Å². The van der Waals surface area contributed by atoms with Gasteiger partial charge < -0.3 is 10.5 Å². The number of hydrogen-bond acceptors (Lipinski definition) is 3. The summed E-state index contributed by atoms with van der Waals surface area (Å²) < 4.78 is 5.36. The van der Waals surface area contributed by atoms with E-state index in [1.54, 1.807) is 0 Å². The molecular formula is C8H14N2O. The van der Waals surface area contributed by atoms with Crippen molar-refractivity contribution in [3.05, 3.63) is 0 Å². The highest BCUT2D eigenvalue weighted by Gasteiger charge is 2.35. The Morgan fingerprint density at radius 1 is 1.36 bits per heavy atom. The summed E-state index contributed by atoms with van der Waals surface area (Å²) in [7, 11) is 0. The Labute approximate surface area is 66.6 Å². The number of nitrogens with zero attached hydrogens (tertiary/aromatic N) is 1. The van der Waals surface area contributed by atoms with Crippen LogP contribution in [0.5, 0.6) is 0 Å². The lowest BCUT2D eigenvalue weighted by atomic mass is 9.99. The number of rotatable bonds is 0. The Bertz CT molecular complexity index is 183. The molecule has 0 atom stereocenters. The Kier molecular flexibility index (Phi) is 1.60. The molecule has 62 valence electrons. The maximum atomic E-state index is 5.61. The molecule has 2 aliphatic rings. The number of ether oxygens (including phenoxy) is 1. The minimum absolute atomic E-state index is 0.0856. The van der Waals surface area contributed by atoms with Gasteiger partial charge in [0, 0.05) is 0 Å². The minimum atomic E-state index is 0.0856. The molecule has 0 aromatic rings. The predicted octanol–water partition coefficient (Wildman–Crippen LogP) is 0.687. The van der Waals surface area contributed by atoms with E-state index in [2.05, 4.69) is 4.99 Å². The Balaban J connectivity index is 2.17. The molecule has 0 aromatic carbocycles. The van der Waals surface area contributed by atoms with E-state index >= 15 is 0 Å². The molecule has 1 saturated carbocycles. The zero-order valence-corrected chi connectivity index (χ0v) is 6.68. The van der Waals surface area contributed by atoms with Crippen molar-refractivity contribution in [3.63, 3.8) is 0 Å². The van der Waals surface area contributed by atoms with Crippen molar-refractivity contribution in [2.24, 2.45) is 10.7 Å². The van der Waals surface area contributed by atoms with E-state index in [0.29, 0.717) is 12.4 Å². The summed E-state index contributed by atoms with van der Waals surface area (Å²) in [5, 5.41) is 0. The van der Waals surface area contributed by atoms with Crippen LogP contribution < -0.4 is 5.73 Å². The number of hydrogen-bond donors (Lipinski definition) is 1. The quantitative estimate of drug-likeness (QED) is 0.558. The first kappa shape index (κ1) is 7.10. The molecule has 11 heavy (non-hydrogen) atoms.